The first kappa shape index (κ1) is 22.2. The van der Waals surface area contributed by atoms with Crippen molar-refractivity contribution < 1.29 is 23.1 Å². The summed E-state index contributed by atoms with van der Waals surface area (Å²) in [4.78, 5) is 32.0. The third-order valence-corrected chi connectivity index (χ3v) is 3.88. The Morgan fingerprint density at radius 1 is 1.24 bits per heavy atom. The highest BCUT2D eigenvalue weighted by Crippen LogP contribution is 2.21. The molecule has 2 N–H and O–H groups in total. The van der Waals surface area contributed by atoms with E-state index in [1.807, 2.05) is 6.07 Å². The van der Waals surface area contributed by atoms with Crippen LogP contribution in [-0.2, 0) is 4.79 Å². The van der Waals surface area contributed by atoms with Crippen molar-refractivity contribution in [3.05, 3.63) is 46.8 Å². The summed E-state index contributed by atoms with van der Waals surface area (Å²) in [6.45, 7) is 6.56. The number of hydrogen-bond acceptors (Lipinski definition) is 5. The molecule has 7 nitrogen and oxygen atoms in total. The highest BCUT2D eigenvalue weighted by molar-refractivity contribution is 5.94. The second-order valence-corrected chi connectivity index (χ2v) is 7.01. The summed E-state index contributed by atoms with van der Waals surface area (Å²) in [6.07, 6.45) is 1.28. The zero-order valence-electron chi connectivity index (χ0n) is 17.0. The predicted octanol–water partition coefficient (Wildman–Crippen LogP) is 3.58. The number of halogens is 2. The number of rotatable bonds is 7. The number of nitrogens with one attached hydrogen (secondary N) is 2. The molecule has 9 heteroatoms. The Kier molecular flexibility index (Phi) is 6.84. The molecular weight excluding hydrogens is 382 g/mol. The summed E-state index contributed by atoms with van der Waals surface area (Å²) in [5.41, 5.74) is 2.21. The van der Waals surface area contributed by atoms with E-state index in [0.29, 0.717) is 17.1 Å². The van der Waals surface area contributed by atoms with E-state index in [0.717, 1.165) is 12.5 Å². The smallest absolute Gasteiger partial charge is 0.278 e. The molecule has 0 radical (unpaired) electrons. The summed E-state index contributed by atoms with van der Waals surface area (Å²) < 4.78 is 30.9. The van der Waals surface area contributed by atoms with Crippen LogP contribution in [0.15, 0.2) is 24.4 Å². The quantitative estimate of drug-likeness (QED) is 0.733. The Bertz CT molecular complexity index is 913. The van der Waals surface area contributed by atoms with Crippen LogP contribution in [0.3, 0.4) is 0 Å². The Labute approximate surface area is 167 Å². The van der Waals surface area contributed by atoms with Gasteiger partial charge < -0.3 is 15.4 Å². The number of nitrogens with zero attached hydrogens (tertiary/aromatic N) is 2. The maximum Gasteiger partial charge on any atom is 0.278 e. The lowest BCUT2D eigenvalue weighted by Gasteiger charge is -2.17. The van der Waals surface area contributed by atoms with Crippen molar-refractivity contribution in [2.24, 2.45) is 0 Å². The Morgan fingerprint density at radius 2 is 1.93 bits per heavy atom. The van der Waals surface area contributed by atoms with Crippen molar-refractivity contribution in [3.63, 3.8) is 0 Å². The first-order valence-corrected chi connectivity index (χ1v) is 8.99. The minimum absolute atomic E-state index is 0.0563. The third kappa shape index (κ3) is 6.78. The molecule has 1 unspecified atom stereocenters. The Morgan fingerprint density at radius 3 is 2.52 bits per heavy atom. The molecule has 29 heavy (non-hydrogen) atoms. The van der Waals surface area contributed by atoms with Crippen LogP contribution >= 0.6 is 0 Å². The Balaban J connectivity index is 2.10. The van der Waals surface area contributed by atoms with E-state index in [-0.39, 0.29) is 29.3 Å². The maximum absolute atomic E-state index is 12.9. The van der Waals surface area contributed by atoms with Crippen LogP contribution in [0.1, 0.15) is 54.0 Å². The molecule has 0 bridgehead atoms. The van der Waals surface area contributed by atoms with E-state index in [2.05, 4.69) is 20.6 Å². The molecule has 0 saturated heterocycles. The van der Waals surface area contributed by atoms with E-state index in [4.69, 9.17) is 4.74 Å². The average Bonchev–Trinajstić information content (AvgIpc) is 2.58. The van der Waals surface area contributed by atoms with Crippen LogP contribution in [0, 0.1) is 13.8 Å². The normalized spacial score (nSPS) is 12.2. The van der Waals surface area contributed by atoms with Gasteiger partial charge in [-0.2, -0.15) is 0 Å². The molecule has 2 amide bonds. The number of carbonyl (C=O) groups excluding carboxylic acids is 2. The third-order valence-electron chi connectivity index (χ3n) is 3.88. The first-order chi connectivity index (χ1) is 13.4. The highest BCUT2D eigenvalue weighted by atomic mass is 19.3. The highest BCUT2D eigenvalue weighted by Gasteiger charge is 2.23. The number of aryl methyl sites for hydroxylation is 2. The van der Waals surface area contributed by atoms with E-state index < -0.39 is 12.5 Å². The fourth-order valence-electron chi connectivity index (χ4n) is 2.59. The molecule has 2 aromatic rings. The number of carbonyl (C=O) groups is 2. The lowest BCUT2D eigenvalue weighted by Crippen LogP contribution is -2.27. The SMILES string of the molecule is CC(=O)Nc1cc(C(C)NC(=O)c2cnc(OCC(C)(F)F)c(C)c2)cc(C)n1. The lowest BCUT2D eigenvalue weighted by molar-refractivity contribution is -0.114. The van der Waals surface area contributed by atoms with Gasteiger partial charge in [-0.05, 0) is 44.5 Å². The van der Waals surface area contributed by atoms with Gasteiger partial charge in [0.05, 0.1) is 11.6 Å². The second kappa shape index (κ2) is 8.93. The average molecular weight is 406 g/mol. The van der Waals surface area contributed by atoms with Gasteiger partial charge in [-0.1, -0.05) is 0 Å². The standard InChI is InChI=1S/C20H24F2N4O3/c1-11-6-16(9-23-19(11)29-10-20(5,21)22)18(28)25-13(3)15-7-12(2)24-17(8-15)26-14(4)27/h6-9,13H,10H2,1-5H3,(H,25,28)(H,24,26,27). The number of anilines is 1. The van der Waals surface area contributed by atoms with Gasteiger partial charge in [0.15, 0.2) is 6.61 Å². The summed E-state index contributed by atoms with van der Waals surface area (Å²) in [6, 6.07) is 4.65. The molecule has 0 aromatic carbocycles. The fourth-order valence-corrected chi connectivity index (χ4v) is 2.59. The number of aromatic nitrogens is 2. The van der Waals surface area contributed by atoms with E-state index in [9.17, 15) is 18.4 Å². The number of ether oxygens (including phenoxy) is 1. The van der Waals surface area contributed by atoms with Crippen molar-refractivity contribution in [1.29, 1.82) is 0 Å². The van der Waals surface area contributed by atoms with Gasteiger partial charge in [-0.25, -0.2) is 18.7 Å². The molecule has 0 aliphatic heterocycles. The molecule has 156 valence electrons. The number of amides is 2. The molecule has 0 aliphatic rings. The molecule has 2 rings (SSSR count). The molecule has 2 heterocycles. The minimum Gasteiger partial charge on any atom is -0.471 e. The van der Waals surface area contributed by atoms with Gasteiger partial charge in [-0.3, -0.25) is 9.59 Å². The molecule has 0 aliphatic carbocycles. The van der Waals surface area contributed by atoms with Crippen molar-refractivity contribution in [3.8, 4) is 5.88 Å². The second-order valence-electron chi connectivity index (χ2n) is 7.01. The maximum atomic E-state index is 12.9. The summed E-state index contributed by atoms with van der Waals surface area (Å²) in [7, 11) is 0. The van der Waals surface area contributed by atoms with Gasteiger partial charge in [0.25, 0.3) is 11.8 Å². The zero-order valence-corrected chi connectivity index (χ0v) is 17.0. The molecular formula is C20H24F2N4O3. The zero-order chi connectivity index (χ0) is 21.8. The van der Waals surface area contributed by atoms with Crippen molar-refractivity contribution >= 4 is 17.6 Å². The van der Waals surface area contributed by atoms with Crippen molar-refractivity contribution in [2.45, 2.75) is 46.6 Å². The fraction of sp³-hybridized carbons (Fsp3) is 0.400. The van der Waals surface area contributed by atoms with Crippen LogP contribution in [0.4, 0.5) is 14.6 Å². The summed E-state index contributed by atoms with van der Waals surface area (Å²) in [5.74, 6) is -3.13. The van der Waals surface area contributed by atoms with Gasteiger partial charge in [0.2, 0.25) is 11.8 Å². The van der Waals surface area contributed by atoms with E-state index >= 15 is 0 Å². The van der Waals surface area contributed by atoms with E-state index in [1.54, 1.807) is 26.8 Å². The molecule has 2 aromatic heterocycles. The topological polar surface area (TPSA) is 93.2 Å². The summed E-state index contributed by atoms with van der Waals surface area (Å²) >= 11 is 0. The summed E-state index contributed by atoms with van der Waals surface area (Å²) in [5, 5.41) is 5.46. The largest absolute Gasteiger partial charge is 0.471 e. The van der Waals surface area contributed by atoms with Crippen molar-refractivity contribution in [2.75, 3.05) is 11.9 Å². The lowest BCUT2D eigenvalue weighted by atomic mass is 10.1. The van der Waals surface area contributed by atoms with Gasteiger partial charge in [0.1, 0.15) is 5.82 Å². The molecule has 1 atom stereocenters. The van der Waals surface area contributed by atoms with Crippen molar-refractivity contribution in [1.82, 2.24) is 15.3 Å². The van der Waals surface area contributed by atoms with Crippen LogP contribution in [0.25, 0.3) is 0 Å². The predicted molar refractivity (Wildman–Crippen MR) is 104 cm³/mol. The van der Waals surface area contributed by atoms with Gasteiger partial charge >= 0.3 is 0 Å². The van der Waals surface area contributed by atoms with Gasteiger partial charge in [-0.15, -0.1) is 0 Å². The number of alkyl halides is 2. The molecule has 0 spiro atoms. The molecule has 0 saturated carbocycles. The Hall–Kier alpha value is -3.10. The van der Waals surface area contributed by atoms with Gasteiger partial charge in [0, 0.05) is 31.3 Å². The first-order valence-electron chi connectivity index (χ1n) is 8.99. The minimum atomic E-state index is -2.97. The molecule has 0 fully saturated rings. The monoisotopic (exact) mass is 406 g/mol. The van der Waals surface area contributed by atoms with Crippen LogP contribution < -0.4 is 15.4 Å². The van der Waals surface area contributed by atoms with Crippen LogP contribution in [0.5, 0.6) is 5.88 Å². The van der Waals surface area contributed by atoms with Crippen LogP contribution in [0.2, 0.25) is 0 Å². The van der Waals surface area contributed by atoms with E-state index in [1.165, 1.54) is 19.2 Å². The number of pyridine rings is 2. The number of hydrogen-bond donors (Lipinski definition) is 2. The van der Waals surface area contributed by atoms with Crippen LogP contribution in [-0.4, -0.2) is 34.3 Å².